The minimum absolute atomic E-state index is 1.11. The van der Waals surface area contributed by atoms with Crippen molar-refractivity contribution in [2.24, 2.45) is 0 Å². The van der Waals surface area contributed by atoms with Gasteiger partial charge >= 0.3 is 0 Å². The van der Waals surface area contributed by atoms with Gasteiger partial charge < -0.3 is 0 Å². The van der Waals surface area contributed by atoms with E-state index in [4.69, 9.17) is 0 Å². The molecular formula is C9H12N2S. The van der Waals surface area contributed by atoms with Crippen LogP contribution in [0.25, 0.3) is 4.96 Å². The first-order chi connectivity index (χ1) is 5.90. The lowest BCUT2D eigenvalue weighted by Gasteiger charge is -1.90. The van der Waals surface area contributed by atoms with E-state index in [0.717, 1.165) is 4.96 Å². The molecule has 0 aliphatic rings. The molecule has 2 rings (SSSR count). The monoisotopic (exact) mass is 180 g/mol. The molecule has 0 radical (unpaired) electrons. The molecule has 0 atom stereocenters. The first kappa shape index (κ1) is 7.80. The van der Waals surface area contributed by atoms with Gasteiger partial charge in [0.1, 0.15) is 0 Å². The number of rotatable bonds is 3. The van der Waals surface area contributed by atoms with Gasteiger partial charge in [-0.05, 0) is 12.8 Å². The van der Waals surface area contributed by atoms with Crippen LogP contribution in [0.2, 0.25) is 0 Å². The smallest absolute Gasteiger partial charge is 0.193 e. The van der Waals surface area contributed by atoms with Gasteiger partial charge in [-0.3, -0.25) is 4.40 Å². The van der Waals surface area contributed by atoms with E-state index in [1.807, 2.05) is 12.4 Å². The Morgan fingerprint density at radius 2 is 2.50 bits per heavy atom. The topological polar surface area (TPSA) is 17.3 Å². The van der Waals surface area contributed by atoms with Gasteiger partial charge in [0.15, 0.2) is 4.96 Å². The maximum atomic E-state index is 4.23. The third-order valence-electron chi connectivity index (χ3n) is 1.92. The fourth-order valence-corrected chi connectivity index (χ4v) is 2.22. The Labute approximate surface area is 75.9 Å². The Bertz CT molecular complexity index is 333. The molecule has 0 spiro atoms. The van der Waals surface area contributed by atoms with E-state index in [0.29, 0.717) is 0 Å². The molecule has 0 aliphatic heterocycles. The molecule has 0 unspecified atom stereocenters. The van der Waals surface area contributed by atoms with Crippen molar-refractivity contribution in [2.45, 2.75) is 26.2 Å². The Balaban J connectivity index is 2.21. The molecule has 64 valence electrons. The lowest BCUT2D eigenvalue weighted by Crippen LogP contribution is -1.78. The van der Waals surface area contributed by atoms with Crippen LogP contribution in [-0.2, 0) is 6.42 Å². The zero-order valence-corrected chi connectivity index (χ0v) is 7.97. The fourth-order valence-electron chi connectivity index (χ4n) is 1.24. The van der Waals surface area contributed by atoms with Crippen LogP contribution in [-0.4, -0.2) is 9.38 Å². The number of hydrogen-bond donors (Lipinski definition) is 0. The number of hydrogen-bond acceptors (Lipinski definition) is 2. The molecule has 2 aromatic heterocycles. The van der Waals surface area contributed by atoms with Crippen molar-refractivity contribution in [1.82, 2.24) is 9.38 Å². The van der Waals surface area contributed by atoms with Crippen LogP contribution < -0.4 is 0 Å². The highest BCUT2D eigenvalue weighted by Gasteiger charge is 2.00. The van der Waals surface area contributed by atoms with Crippen LogP contribution in [0, 0.1) is 0 Å². The molecule has 0 N–H and O–H groups in total. The third-order valence-corrected chi connectivity index (χ3v) is 2.99. The Morgan fingerprint density at radius 3 is 3.25 bits per heavy atom. The standard InChI is InChI=1S/C9H12N2S/c1-2-3-4-8-7-11-6-5-10-9(11)12-8/h5-7H,2-4H2,1H3. The SMILES string of the molecule is CCCCc1cn2ccnc2s1. The molecule has 2 nitrogen and oxygen atoms in total. The summed E-state index contributed by atoms with van der Waals surface area (Å²) >= 11 is 1.80. The van der Waals surface area contributed by atoms with Gasteiger partial charge in [-0.2, -0.15) is 0 Å². The molecule has 12 heavy (non-hydrogen) atoms. The zero-order chi connectivity index (χ0) is 8.39. The Hall–Kier alpha value is -0.830. The van der Waals surface area contributed by atoms with Gasteiger partial charge in [0.2, 0.25) is 0 Å². The van der Waals surface area contributed by atoms with E-state index in [1.165, 1.54) is 24.1 Å². The largest absolute Gasteiger partial charge is 0.297 e. The van der Waals surface area contributed by atoms with Gasteiger partial charge in [-0.25, -0.2) is 4.98 Å². The number of nitrogens with zero attached hydrogens (tertiary/aromatic N) is 2. The second-order valence-electron chi connectivity index (χ2n) is 2.92. The molecule has 0 saturated heterocycles. The van der Waals surface area contributed by atoms with Crippen LogP contribution in [0.4, 0.5) is 0 Å². The number of aryl methyl sites for hydroxylation is 1. The van der Waals surface area contributed by atoms with E-state index in [9.17, 15) is 0 Å². The highest BCUT2D eigenvalue weighted by molar-refractivity contribution is 7.17. The second kappa shape index (κ2) is 3.27. The number of unbranched alkanes of at least 4 members (excludes halogenated alkanes) is 1. The summed E-state index contributed by atoms with van der Waals surface area (Å²) in [7, 11) is 0. The molecule has 0 aliphatic carbocycles. The summed E-state index contributed by atoms with van der Waals surface area (Å²) in [6.45, 7) is 2.22. The highest BCUT2D eigenvalue weighted by atomic mass is 32.1. The van der Waals surface area contributed by atoms with Crippen molar-refractivity contribution in [1.29, 1.82) is 0 Å². The minimum Gasteiger partial charge on any atom is -0.297 e. The molecule has 0 bridgehead atoms. The molecule has 2 aromatic rings. The molecule has 0 aromatic carbocycles. The number of aromatic nitrogens is 2. The van der Waals surface area contributed by atoms with Crippen molar-refractivity contribution >= 4 is 16.3 Å². The predicted molar refractivity (Wildman–Crippen MR) is 51.7 cm³/mol. The van der Waals surface area contributed by atoms with E-state index in [2.05, 4.69) is 22.5 Å². The summed E-state index contributed by atoms with van der Waals surface area (Å²) in [6, 6.07) is 0. The van der Waals surface area contributed by atoms with Gasteiger partial charge in [0.05, 0.1) is 0 Å². The average Bonchev–Trinajstić information content (AvgIpc) is 2.58. The van der Waals surface area contributed by atoms with Crippen molar-refractivity contribution in [2.75, 3.05) is 0 Å². The van der Waals surface area contributed by atoms with E-state index < -0.39 is 0 Å². The molecular weight excluding hydrogens is 168 g/mol. The van der Waals surface area contributed by atoms with E-state index in [1.54, 1.807) is 11.3 Å². The maximum Gasteiger partial charge on any atom is 0.193 e. The van der Waals surface area contributed by atoms with Gasteiger partial charge in [-0.1, -0.05) is 13.3 Å². The van der Waals surface area contributed by atoms with Gasteiger partial charge in [0, 0.05) is 23.5 Å². The molecule has 0 amide bonds. The summed E-state index contributed by atoms with van der Waals surface area (Å²) in [4.78, 5) is 6.79. The van der Waals surface area contributed by atoms with E-state index >= 15 is 0 Å². The van der Waals surface area contributed by atoms with Crippen LogP contribution in [0.3, 0.4) is 0 Å². The summed E-state index contributed by atoms with van der Waals surface area (Å²) in [5.41, 5.74) is 0. The second-order valence-corrected chi connectivity index (χ2v) is 4.01. The quantitative estimate of drug-likeness (QED) is 0.710. The van der Waals surface area contributed by atoms with Crippen molar-refractivity contribution in [3.05, 3.63) is 23.5 Å². The summed E-state index contributed by atoms with van der Waals surface area (Å²) in [6.07, 6.45) is 9.77. The van der Waals surface area contributed by atoms with Crippen molar-refractivity contribution < 1.29 is 0 Å². The summed E-state index contributed by atoms with van der Waals surface area (Å²) < 4.78 is 2.09. The number of fused-ring (bicyclic) bond motifs is 1. The normalized spacial score (nSPS) is 11.1. The van der Waals surface area contributed by atoms with Crippen LogP contribution >= 0.6 is 11.3 Å². The first-order valence-electron chi connectivity index (χ1n) is 4.31. The zero-order valence-electron chi connectivity index (χ0n) is 7.16. The molecule has 3 heteroatoms. The van der Waals surface area contributed by atoms with Gasteiger partial charge in [-0.15, -0.1) is 11.3 Å². The highest BCUT2D eigenvalue weighted by Crippen LogP contribution is 2.17. The van der Waals surface area contributed by atoms with Crippen molar-refractivity contribution in [3.63, 3.8) is 0 Å². The van der Waals surface area contributed by atoms with Crippen molar-refractivity contribution in [3.8, 4) is 0 Å². The predicted octanol–water partition coefficient (Wildman–Crippen LogP) is 2.74. The third kappa shape index (κ3) is 1.37. The summed E-state index contributed by atoms with van der Waals surface area (Å²) in [5, 5.41) is 0. The lowest BCUT2D eigenvalue weighted by atomic mass is 10.2. The summed E-state index contributed by atoms with van der Waals surface area (Å²) in [5.74, 6) is 0. The van der Waals surface area contributed by atoms with Crippen LogP contribution in [0.5, 0.6) is 0 Å². The van der Waals surface area contributed by atoms with Crippen LogP contribution in [0.1, 0.15) is 24.6 Å². The fraction of sp³-hybridized carbons (Fsp3) is 0.444. The number of thiazole rings is 1. The van der Waals surface area contributed by atoms with Crippen LogP contribution in [0.15, 0.2) is 18.6 Å². The Kier molecular flexibility index (Phi) is 2.13. The molecule has 0 saturated carbocycles. The maximum absolute atomic E-state index is 4.23. The van der Waals surface area contributed by atoms with Gasteiger partial charge in [0.25, 0.3) is 0 Å². The van der Waals surface area contributed by atoms with E-state index in [-0.39, 0.29) is 0 Å². The molecule has 0 fully saturated rings. The number of imidazole rings is 1. The lowest BCUT2D eigenvalue weighted by molar-refractivity contribution is 0.802. The minimum atomic E-state index is 1.11. The molecule has 2 heterocycles. The Morgan fingerprint density at radius 1 is 1.58 bits per heavy atom. The average molecular weight is 180 g/mol. The first-order valence-corrected chi connectivity index (χ1v) is 5.13.